The van der Waals surface area contributed by atoms with Gasteiger partial charge in [0, 0.05) is 0 Å². The van der Waals surface area contributed by atoms with E-state index in [1.54, 1.807) is 22.3 Å². The summed E-state index contributed by atoms with van der Waals surface area (Å²) in [6.45, 7) is 28.3. The fourth-order valence-electron chi connectivity index (χ4n) is 6.58. The topological polar surface area (TPSA) is 0 Å². The molecule has 0 bridgehead atoms. The fraction of sp³-hybridized carbons (Fsp3) is 0.568. The van der Waals surface area contributed by atoms with E-state index in [0.29, 0.717) is 0 Å². The number of allylic oxidation sites excluding steroid dienone is 2. The summed E-state index contributed by atoms with van der Waals surface area (Å²) in [4.78, 5) is 0. The molecule has 4 rings (SSSR count). The smallest absolute Gasteiger partial charge is 0.00548 e. The lowest BCUT2D eigenvalue weighted by Gasteiger charge is -2.28. The highest BCUT2D eigenvalue weighted by atomic mass is 14.3. The summed E-state index contributed by atoms with van der Waals surface area (Å²) in [5.41, 5.74) is 16.2. The van der Waals surface area contributed by atoms with E-state index in [1.807, 2.05) is 0 Å². The molecule has 0 unspecified atom stereocenters. The van der Waals surface area contributed by atoms with Crippen molar-refractivity contribution >= 4 is 12.2 Å². The van der Waals surface area contributed by atoms with E-state index in [-0.39, 0.29) is 21.7 Å². The largest absolute Gasteiger partial charge is 0.0652 e. The molecule has 0 radical (unpaired) electrons. The first-order valence-electron chi connectivity index (χ1n) is 14.6. The molecule has 0 atom stereocenters. The van der Waals surface area contributed by atoms with Crippen LogP contribution in [0.4, 0.5) is 0 Å². The minimum Gasteiger partial charge on any atom is -0.0652 e. The Morgan fingerprint density at radius 2 is 0.757 bits per heavy atom. The summed E-state index contributed by atoms with van der Waals surface area (Å²) in [6.07, 6.45) is 11.0. The van der Waals surface area contributed by atoms with Gasteiger partial charge in [-0.25, -0.2) is 0 Å². The molecule has 0 aliphatic heterocycles. The van der Waals surface area contributed by atoms with Gasteiger partial charge >= 0.3 is 0 Å². The first kappa shape index (κ1) is 27.9. The zero-order chi connectivity index (χ0) is 27.6. The van der Waals surface area contributed by atoms with E-state index < -0.39 is 0 Å². The molecule has 0 aromatic heterocycles. The molecule has 2 aliphatic rings. The van der Waals surface area contributed by atoms with E-state index >= 15 is 0 Å². The van der Waals surface area contributed by atoms with Crippen LogP contribution in [0.3, 0.4) is 0 Å². The van der Waals surface area contributed by atoms with E-state index in [2.05, 4.69) is 120 Å². The summed E-state index contributed by atoms with van der Waals surface area (Å²) < 4.78 is 0. The van der Waals surface area contributed by atoms with Gasteiger partial charge in [-0.3, -0.25) is 0 Å². The number of hydrogen-bond donors (Lipinski definition) is 0. The summed E-state index contributed by atoms with van der Waals surface area (Å²) in [5, 5.41) is 0. The van der Waals surface area contributed by atoms with Crippen LogP contribution in [0.1, 0.15) is 147 Å². The predicted octanol–water partition coefficient (Wildman–Crippen LogP) is 10.6. The van der Waals surface area contributed by atoms with Crippen LogP contribution < -0.4 is 0 Å². The number of rotatable bonds is 4. The SMILES string of the molecule is CC(C)(C)c1ccc(C(C)(C)C)c2c1C=C(CCCC1=Cc3c(C(C)(C)C)ccc(C(C)(C)C)c3C1)C2. The standard InChI is InChI=1S/C37H52/c1-34(2,3)30-16-17-31(35(4,5)6)27-21-24(20-26(27)30)14-13-15-25-22-28-29(23-25)33(37(10,11)12)19-18-32(28)36(7,8)9/h16-20,22H,13-15,21,23H2,1-12H3. The minimum atomic E-state index is 0.169. The van der Waals surface area contributed by atoms with E-state index in [0.717, 1.165) is 12.8 Å². The molecule has 2 aromatic carbocycles. The van der Waals surface area contributed by atoms with Crippen LogP contribution >= 0.6 is 0 Å². The van der Waals surface area contributed by atoms with Crippen molar-refractivity contribution in [1.82, 2.24) is 0 Å². The van der Waals surface area contributed by atoms with Crippen molar-refractivity contribution in [1.29, 1.82) is 0 Å². The van der Waals surface area contributed by atoms with Gasteiger partial charge in [0.1, 0.15) is 0 Å². The number of hydrogen-bond acceptors (Lipinski definition) is 0. The quantitative estimate of drug-likeness (QED) is 0.395. The van der Waals surface area contributed by atoms with Crippen LogP contribution in [-0.4, -0.2) is 0 Å². The second-order valence-corrected chi connectivity index (χ2v) is 15.9. The van der Waals surface area contributed by atoms with E-state index in [1.165, 1.54) is 52.6 Å². The third-order valence-corrected chi connectivity index (χ3v) is 8.45. The normalized spacial score (nSPS) is 16.0. The maximum absolute atomic E-state index is 2.55. The molecule has 0 amide bonds. The van der Waals surface area contributed by atoms with Gasteiger partial charge in [-0.05, 0) is 98.3 Å². The lowest BCUT2D eigenvalue weighted by atomic mass is 9.77. The minimum absolute atomic E-state index is 0.169. The molecule has 0 fully saturated rings. The Morgan fingerprint density at radius 3 is 1.05 bits per heavy atom. The summed E-state index contributed by atoms with van der Waals surface area (Å²) in [6, 6.07) is 9.63. The molecule has 37 heavy (non-hydrogen) atoms. The van der Waals surface area contributed by atoms with Gasteiger partial charge in [0.25, 0.3) is 0 Å². The van der Waals surface area contributed by atoms with Crippen molar-refractivity contribution in [3.63, 3.8) is 0 Å². The monoisotopic (exact) mass is 496 g/mol. The Balaban J connectivity index is 1.53. The molecule has 0 saturated heterocycles. The summed E-state index contributed by atoms with van der Waals surface area (Å²) in [5.74, 6) is 0. The van der Waals surface area contributed by atoms with Crippen molar-refractivity contribution < 1.29 is 0 Å². The lowest BCUT2D eigenvalue weighted by Crippen LogP contribution is -2.18. The molecule has 0 nitrogen and oxygen atoms in total. The van der Waals surface area contributed by atoms with Gasteiger partial charge < -0.3 is 0 Å². The second kappa shape index (κ2) is 9.29. The molecule has 2 aliphatic carbocycles. The van der Waals surface area contributed by atoms with Crippen molar-refractivity contribution in [3.05, 3.63) is 79.9 Å². The van der Waals surface area contributed by atoms with Crippen LogP contribution in [-0.2, 0) is 34.5 Å². The van der Waals surface area contributed by atoms with Crippen molar-refractivity contribution in [2.45, 2.75) is 137 Å². The fourth-order valence-corrected chi connectivity index (χ4v) is 6.58. The first-order chi connectivity index (χ1) is 16.9. The lowest BCUT2D eigenvalue weighted by molar-refractivity contribution is 0.571. The molecular weight excluding hydrogens is 444 g/mol. The average Bonchev–Trinajstić information content (AvgIpc) is 3.32. The van der Waals surface area contributed by atoms with Gasteiger partial charge in [-0.2, -0.15) is 0 Å². The number of benzene rings is 2. The summed E-state index contributed by atoms with van der Waals surface area (Å²) >= 11 is 0. The number of fused-ring (bicyclic) bond motifs is 2. The molecule has 0 N–H and O–H groups in total. The highest BCUT2D eigenvalue weighted by Gasteiger charge is 2.30. The molecule has 0 heterocycles. The van der Waals surface area contributed by atoms with Crippen LogP contribution in [0, 0.1) is 0 Å². The van der Waals surface area contributed by atoms with Gasteiger partial charge in [-0.1, -0.05) is 131 Å². The Morgan fingerprint density at radius 1 is 0.459 bits per heavy atom. The van der Waals surface area contributed by atoms with Crippen LogP contribution in [0.25, 0.3) is 12.2 Å². The van der Waals surface area contributed by atoms with Crippen LogP contribution in [0.5, 0.6) is 0 Å². The highest BCUT2D eigenvalue weighted by Crippen LogP contribution is 2.43. The second-order valence-electron chi connectivity index (χ2n) is 15.9. The predicted molar refractivity (Wildman–Crippen MR) is 165 cm³/mol. The van der Waals surface area contributed by atoms with Crippen molar-refractivity contribution in [2.24, 2.45) is 0 Å². The summed E-state index contributed by atoms with van der Waals surface area (Å²) in [7, 11) is 0. The zero-order valence-corrected chi connectivity index (χ0v) is 26.0. The molecular formula is C37H52. The van der Waals surface area contributed by atoms with Gasteiger partial charge in [0.2, 0.25) is 0 Å². The highest BCUT2D eigenvalue weighted by molar-refractivity contribution is 5.71. The van der Waals surface area contributed by atoms with Crippen LogP contribution in [0.15, 0.2) is 35.4 Å². The van der Waals surface area contributed by atoms with Gasteiger partial charge in [-0.15, -0.1) is 0 Å². The molecule has 0 saturated carbocycles. The van der Waals surface area contributed by atoms with E-state index in [9.17, 15) is 0 Å². The molecule has 0 heteroatoms. The Labute approximate surface area is 228 Å². The molecule has 0 spiro atoms. The Hall–Kier alpha value is -2.08. The third kappa shape index (κ3) is 5.69. The zero-order valence-electron chi connectivity index (χ0n) is 26.0. The Kier molecular flexibility index (Phi) is 7.01. The maximum atomic E-state index is 2.55. The molecule has 200 valence electrons. The van der Waals surface area contributed by atoms with E-state index in [4.69, 9.17) is 0 Å². The van der Waals surface area contributed by atoms with Gasteiger partial charge in [0.05, 0.1) is 0 Å². The van der Waals surface area contributed by atoms with Gasteiger partial charge in [0.15, 0.2) is 0 Å². The average molecular weight is 497 g/mol. The Bertz CT molecular complexity index is 1150. The molecule has 2 aromatic rings. The maximum Gasteiger partial charge on any atom is -0.00548 e. The third-order valence-electron chi connectivity index (χ3n) is 8.45. The van der Waals surface area contributed by atoms with Crippen molar-refractivity contribution in [3.8, 4) is 0 Å². The van der Waals surface area contributed by atoms with Crippen LogP contribution in [0.2, 0.25) is 0 Å². The first-order valence-corrected chi connectivity index (χ1v) is 14.6. The van der Waals surface area contributed by atoms with Crippen molar-refractivity contribution in [2.75, 3.05) is 0 Å².